The second kappa shape index (κ2) is 6.81. The Bertz CT molecular complexity index is 578. The molecule has 2 aromatic rings. The average Bonchev–Trinajstić information content (AvgIpc) is 2.37. The van der Waals surface area contributed by atoms with Crippen LogP contribution in [-0.4, -0.2) is 6.10 Å². The average molecular weight is 308 g/mol. The molecule has 0 fully saturated rings. The summed E-state index contributed by atoms with van der Waals surface area (Å²) >= 11 is 5.85. The van der Waals surface area contributed by atoms with Crippen LogP contribution in [-0.2, 0) is 0 Å². The summed E-state index contributed by atoms with van der Waals surface area (Å²) in [6, 6.07) is 12.3. The van der Waals surface area contributed by atoms with Gasteiger partial charge in [0.15, 0.2) is 0 Å². The number of rotatable bonds is 5. The second-order valence-electron chi connectivity index (χ2n) is 5.26. The molecule has 1 N–H and O–H groups in total. The van der Waals surface area contributed by atoms with Gasteiger partial charge >= 0.3 is 0 Å². The molecule has 0 aliphatic rings. The van der Waals surface area contributed by atoms with Crippen molar-refractivity contribution in [3.8, 4) is 5.75 Å². The number of hydrogen-bond donors (Lipinski definition) is 1. The van der Waals surface area contributed by atoms with Crippen LogP contribution in [0.25, 0.3) is 0 Å². The highest BCUT2D eigenvalue weighted by Gasteiger charge is 2.07. The first kappa shape index (κ1) is 15.6. The Balaban J connectivity index is 2.07. The number of hydrogen-bond acceptors (Lipinski definition) is 2. The quantitative estimate of drug-likeness (QED) is 0.794. The van der Waals surface area contributed by atoms with Crippen molar-refractivity contribution in [3.63, 3.8) is 0 Å². The third kappa shape index (κ3) is 4.64. The summed E-state index contributed by atoms with van der Waals surface area (Å²) in [5, 5.41) is 3.61. The van der Waals surface area contributed by atoms with E-state index >= 15 is 0 Å². The molecule has 0 saturated carbocycles. The Hall–Kier alpha value is -1.74. The number of ether oxygens (including phenoxy) is 1. The van der Waals surface area contributed by atoms with Crippen LogP contribution in [0.15, 0.2) is 42.5 Å². The van der Waals surface area contributed by atoms with Crippen molar-refractivity contribution in [2.24, 2.45) is 0 Å². The van der Waals surface area contributed by atoms with Crippen molar-refractivity contribution >= 4 is 17.3 Å². The molecule has 0 saturated heterocycles. The second-order valence-corrected chi connectivity index (χ2v) is 5.70. The smallest absolute Gasteiger partial charge is 0.126 e. The van der Waals surface area contributed by atoms with E-state index in [1.54, 1.807) is 6.07 Å². The van der Waals surface area contributed by atoms with E-state index in [1.807, 2.05) is 45.0 Å². The fraction of sp³-hybridized carbons (Fsp3) is 0.294. The molecule has 2 rings (SSSR count). The van der Waals surface area contributed by atoms with E-state index in [0.717, 1.165) is 11.3 Å². The monoisotopic (exact) mass is 307 g/mol. The molecular weight excluding hydrogens is 289 g/mol. The fourth-order valence-electron chi connectivity index (χ4n) is 2.08. The normalized spacial score (nSPS) is 12.3. The number of halogens is 2. The molecule has 0 aliphatic heterocycles. The van der Waals surface area contributed by atoms with E-state index in [-0.39, 0.29) is 18.0 Å². The molecule has 1 unspecified atom stereocenters. The van der Waals surface area contributed by atoms with Gasteiger partial charge in [-0.3, -0.25) is 0 Å². The molecule has 0 bridgehead atoms. The van der Waals surface area contributed by atoms with Crippen molar-refractivity contribution in [2.45, 2.75) is 32.9 Å². The number of nitrogens with one attached hydrogen (secondary N) is 1. The van der Waals surface area contributed by atoms with Gasteiger partial charge in [0.25, 0.3) is 0 Å². The predicted molar refractivity (Wildman–Crippen MR) is 85.7 cm³/mol. The van der Waals surface area contributed by atoms with Gasteiger partial charge in [-0.25, -0.2) is 4.39 Å². The first-order chi connectivity index (χ1) is 9.94. The van der Waals surface area contributed by atoms with Gasteiger partial charge in [-0.15, -0.1) is 0 Å². The molecule has 0 spiro atoms. The minimum absolute atomic E-state index is 0.0379. The molecular formula is C17H19ClFNO. The SMILES string of the molecule is CC(C)Oc1ccc(C(C)Nc2cc(F)cc(Cl)c2)cc1. The first-order valence-electron chi connectivity index (χ1n) is 6.93. The fourth-order valence-corrected chi connectivity index (χ4v) is 2.30. The van der Waals surface area contributed by atoms with E-state index in [0.29, 0.717) is 10.7 Å². The molecule has 0 radical (unpaired) electrons. The van der Waals surface area contributed by atoms with Crippen LogP contribution in [0.3, 0.4) is 0 Å². The maximum atomic E-state index is 13.3. The van der Waals surface area contributed by atoms with Gasteiger partial charge in [0.1, 0.15) is 11.6 Å². The van der Waals surface area contributed by atoms with E-state index < -0.39 is 0 Å². The van der Waals surface area contributed by atoms with Crippen LogP contribution in [0.1, 0.15) is 32.4 Å². The van der Waals surface area contributed by atoms with Crippen molar-refractivity contribution in [2.75, 3.05) is 5.32 Å². The summed E-state index contributed by atoms with van der Waals surface area (Å²) in [4.78, 5) is 0. The van der Waals surface area contributed by atoms with Gasteiger partial charge in [0.05, 0.1) is 6.10 Å². The lowest BCUT2D eigenvalue weighted by atomic mass is 10.1. The Kier molecular flexibility index (Phi) is 5.07. The van der Waals surface area contributed by atoms with E-state index in [9.17, 15) is 4.39 Å². The minimum Gasteiger partial charge on any atom is -0.491 e. The lowest BCUT2D eigenvalue weighted by molar-refractivity contribution is 0.242. The maximum absolute atomic E-state index is 13.3. The maximum Gasteiger partial charge on any atom is 0.126 e. The Morgan fingerprint density at radius 1 is 1.05 bits per heavy atom. The van der Waals surface area contributed by atoms with Crippen molar-refractivity contribution in [1.29, 1.82) is 0 Å². The Morgan fingerprint density at radius 2 is 1.71 bits per heavy atom. The van der Waals surface area contributed by atoms with Crippen LogP contribution in [0, 0.1) is 5.82 Å². The zero-order valence-electron chi connectivity index (χ0n) is 12.4. The predicted octanol–water partition coefficient (Wildman–Crippen LogP) is 5.44. The number of anilines is 1. The highest BCUT2D eigenvalue weighted by molar-refractivity contribution is 6.30. The minimum atomic E-state index is -0.349. The molecule has 0 amide bonds. The summed E-state index contributed by atoms with van der Waals surface area (Å²) in [6.07, 6.45) is 0.154. The Labute approximate surface area is 129 Å². The Morgan fingerprint density at radius 3 is 2.29 bits per heavy atom. The van der Waals surface area contributed by atoms with Crippen molar-refractivity contribution < 1.29 is 9.13 Å². The third-order valence-electron chi connectivity index (χ3n) is 3.00. The van der Waals surface area contributed by atoms with Crippen LogP contribution >= 0.6 is 11.6 Å². The van der Waals surface area contributed by atoms with Crippen molar-refractivity contribution in [1.82, 2.24) is 0 Å². The topological polar surface area (TPSA) is 21.3 Å². The summed E-state index contributed by atoms with van der Waals surface area (Å²) in [5.74, 6) is 0.493. The van der Waals surface area contributed by atoms with E-state index in [1.165, 1.54) is 12.1 Å². The van der Waals surface area contributed by atoms with E-state index in [2.05, 4.69) is 5.32 Å². The molecule has 2 nitrogen and oxygen atoms in total. The van der Waals surface area contributed by atoms with Crippen LogP contribution in [0.2, 0.25) is 5.02 Å². The summed E-state index contributed by atoms with van der Waals surface area (Å²) in [5.41, 5.74) is 1.75. The lowest BCUT2D eigenvalue weighted by Crippen LogP contribution is -2.08. The summed E-state index contributed by atoms with van der Waals surface area (Å²) in [6.45, 7) is 5.99. The molecule has 112 valence electrons. The lowest BCUT2D eigenvalue weighted by Gasteiger charge is -2.17. The standard InChI is InChI=1S/C17H19ClFNO/c1-11(2)21-17-6-4-13(5-7-17)12(3)20-16-9-14(18)8-15(19)10-16/h4-12,20H,1-3H3. The van der Waals surface area contributed by atoms with Gasteiger partial charge in [0.2, 0.25) is 0 Å². The van der Waals surface area contributed by atoms with Crippen LogP contribution in [0.4, 0.5) is 10.1 Å². The van der Waals surface area contributed by atoms with Crippen molar-refractivity contribution in [3.05, 3.63) is 58.9 Å². The van der Waals surface area contributed by atoms with Gasteiger partial charge < -0.3 is 10.1 Å². The van der Waals surface area contributed by atoms with Gasteiger partial charge in [-0.05, 0) is 56.7 Å². The molecule has 0 aromatic heterocycles. The summed E-state index contributed by atoms with van der Waals surface area (Å²) in [7, 11) is 0. The third-order valence-corrected chi connectivity index (χ3v) is 3.22. The van der Waals surface area contributed by atoms with Gasteiger partial charge in [0, 0.05) is 16.8 Å². The largest absolute Gasteiger partial charge is 0.491 e. The zero-order chi connectivity index (χ0) is 15.4. The highest BCUT2D eigenvalue weighted by atomic mass is 35.5. The van der Waals surface area contributed by atoms with Crippen LogP contribution < -0.4 is 10.1 Å². The first-order valence-corrected chi connectivity index (χ1v) is 7.31. The molecule has 4 heteroatoms. The van der Waals surface area contributed by atoms with E-state index in [4.69, 9.17) is 16.3 Å². The van der Waals surface area contributed by atoms with Gasteiger partial charge in [-0.1, -0.05) is 23.7 Å². The molecule has 2 aromatic carbocycles. The zero-order valence-corrected chi connectivity index (χ0v) is 13.1. The molecule has 0 aliphatic carbocycles. The summed E-state index contributed by atoms with van der Waals surface area (Å²) < 4.78 is 18.9. The van der Waals surface area contributed by atoms with Crippen LogP contribution in [0.5, 0.6) is 5.75 Å². The molecule has 1 atom stereocenters. The number of benzene rings is 2. The molecule has 21 heavy (non-hydrogen) atoms. The molecule has 0 heterocycles. The van der Waals surface area contributed by atoms with Gasteiger partial charge in [-0.2, -0.15) is 0 Å². The highest BCUT2D eigenvalue weighted by Crippen LogP contribution is 2.24.